The highest BCUT2D eigenvalue weighted by Gasteiger charge is 2.15. The number of esters is 1. The van der Waals surface area contributed by atoms with E-state index in [0.717, 1.165) is 5.56 Å². The number of alkyl carbamates (subject to hydrolysis) is 1. The molecular weight excluding hydrogens is 278 g/mol. The average molecular weight is 297 g/mol. The van der Waals surface area contributed by atoms with Gasteiger partial charge in [-0.05, 0) is 37.8 Å². The molecule has 1 aromatic rings. The fraction of sp³-hybridized carbons (Fsp3) is 0.429. The number of carbonyl (C=O) groups excluding carboxylic acids is 2. The largest absolute Gasteiger partial charge is 0.465 e. The van der Waals surface area contributed by atoms with Crippen molar-refractivity contribution < 1.29 is 19.1 Å². The monoisotopic (exact) mass is 297 g/mol. The quantitative estimate of drug-likeness (QED) is 0.867. The lowest BCUT2D eigenvalue weighted by atomic mass is 10.2. The Morgan fingerprint density at radius 2 is 2.10 bits per heavy atom. The van der Waals surface area contributed by atoms with E-state index in [0.29, 0.717) is 11.4 Å². The standard InChI is InChI=1S/C14H19NO4S/c1-14(2,3)19-13(17)15-7-5-6-10-8-11(20-9-10)12(16)18-4/h5-6,8-9H,7H2,1-4H3,(H,15,17). The van der Waals surface area contributed by atoms with Crippen molar-refractivity contribution in [3.05, 3.63) is 28.0 Å². The molecule has 0 unspecified atom stereocenters. The Bertz CT molecular complexity index is 500. The zero-order valence-corrected chi connectivity index (χ0v) is 12.9. The van der Waals surface area contributed by atoms with Crippen LogP contribution in [0.15, 0.2) is 17.5 Å². The molecule has 0 bridgehead atoms. The van der Waals surface area contributed by atoms with Gasteiger partial charge in [-0.1, -0.05) is 12.2 Å². The van der Waals surface area contributed by atoms with Crippen molar-refractivity contribution in [2.24, 2.45) is 0 Å². The van der Waals surface area contributed by atoms with E-state index in [1.165, 1.54) is 18.4 Å². The maximum Gasteiger partial charge on any atom is 0.407 e. The van der Waals surface area contributed by atoms with E-state index in [-0.39, 0.29) is 5.97 Å². The second-order valence-corrected chi connectivity index (χ2v) is 5.93. The van der Waals surface area contributed by atoms with Crippen LogP contribution in [0.4, 0.5) is 4.79 Å². The van der Waals surface area contributed by atoms with E-state index in [1.807, 2.05) is 32.2 Å². The Kier molecular flexibility index (Phi) is 5.76. The lowest BCUT2D eigenvalue weighted by Crippen LogP contribution is -2.32. The molecule has 0 aromatic carbocycles. The maximum absolute atomic E-state index is 11.4. The van der Waals surface area contributed by atoms with E-state index in [4.69, 9.17) is 4.74 Å². The number of hydrogen-bond donors (Lipinski definition) is 1. The van der Waals surface area contributed by atoms with Crippen molar-refractivity contribution in [1.82, 2.24) is 5.32 Å². The molecule has 1 amide bonds. The lowest BCUT2D eigenvalue weighted by Gasteiger charge is -2.19. The van der Waals surface area contributed by atoms with Crippen LogP contribution in [0.3, 0.4) is 0 Å². The molecule has 0 spiro atoms. The van der Waals surface area contributed by atoms with Gasteiger partial charge in [0.1, 0.15) is 10.5 Å². The molecule has 20 heavy (non-hydrogen) atoms. The number of carbonyl (C=O) groups is 2. The van der Waals surface area contributed by atoms with Gasteiger partial charge in [0.25, 0.3) is 0 Å². The highest BCUT2D eigenvalue weighted by Crippen LogP contribution is 2.16. The smallest absolute Gasteiger partial charge is 0.407 e. The van der Waals surface area contributed by atoms with Crippen molar-refractivity contribution in [3.8, 4) is 0 Å². The van der Waals surface area contributed by atoms with Crippen LogP contribution in [0.1, 0.15) is 36.0 Å². The third-order valence-corrected chi connectivity index (χ3v) is 3.01. The minimum Gasteiger partial charge on any atom is -0.465 e. The molecule has 0 aliphatic rings. The van der Waals surface area contributed by atoms with Crippen molar-refractivity contribution >= 4 is 29.5 Å². The van der Waals surface area contributed by atoms with Gasteiger partial charge in [-0.3, -0.25) is 0 Å². The van der Waals surface area contributed by atoms with Crippen molar-refractivity contribution in [3.63, 3.8) is 0 Å². The van der Waals surface area contributed by atoms with Gasteiger partial charge < -0.3 is 14.8 Å². The van der Waals surface area contributed by atoms with Crippen LogP contribution in [-0.2, 0) is 9.47 Å². The van der Waals surface area contributed by atoms with Crippen LogP contribution in [0, 0.1) is 0 Å². The predicted molar refractivity (Wildman–Crippen MR) is 78.9 cm³/mol. The minimum absolute atomic E-state index is 0.346. The molecule has 0 aliphatic carbocycles. The zero-order chi connectivity index (χ0) is 15.2. The number of rotatable bonds is 4. The fourth-order valence-corrected chi connectivity index (χ4v) is 2.09. The first-order valence-electron chi connectivity index (χ1n) is 6.12. The molecule has 1 rings (SSSR count). The molecule has 110 valence electrons. The van der Waals surface area contributed by atoms with Crippen molar-refractivity contribution in [2.45, 2.75) is 26.4 Å². The molecule has 5 nitrogen and oxygen atoms in total. The SMILES string of the molecule is COC(=O)c1cc(C=CCNC(=O)OC(C)(C)C)cs1. The van der Waals surface area contributed by atoms with E-state index in [9.17, 15) is 9.59 Å². The topological polar surface area (TPSA) is 64.6 Å². The summed E-state index contributed by atoms with van der Waals surface area (Å²) in [5, 5.41) is 4.46. The number of methoxy groups -OCH3 is 1. The Morgan fingerprint density at radius 1 is 1.40 bits per heavy atom. The van der Waals surface area contributed by atoms with Gasteiger partial charge in [0, 0.05) is 6.54 Å². The number of thiophene rings is 1. The van der Waals surface area contributed by atoms with Crippen LogP contribution < -0.4 is 5.32 Å². The second-order valence-electron chi connectivity index (χ2n) is 5.02. The van der Waals surface area contributed by atoms with Crippen LogP contribution in [0.25, 0.3) is 6.08 Å². The summed E-state index contributed by atoms with van der Waals surface area (Å²) in [6, 6.07) is 1.74. The molecule has 0 saturated carbocycles. The van der Waals surface area contributed by atoms with Gasteiger partial charge in [0.2, 0.25) is 0 Å². The molecule has 0 fully saturated rings. The second kappa shape index (κ2) is 7.09. The number of nitrogens with one attached hydrogen (secondary N) is 1. The lowest BCUT2D eigenvalue weighted by molar-refractivity contribution is 0.0533. The normalized spacial score (nSPS) is 11.4. The third kappa shape index (κ3) is 5.88. The summed E-state index contributed by atoms with van der Waals surface area (Å²) < 4.78 is 9.72. The highest BCUT2D eigenvalue weighted by atomic mass is 32.1. The molecular formula is C14H19NO4S. The summed E-state index contributed by atoms with van der Waals surface area (Å²) in [6.07, 6.45) is 3.15. The molecule has 0 saturated heterocycles. The molecule has 6 heteroatoms. The fourth-order valence-electron chi connectivity index (χ4n) is 1.30. The first-order valence-corrected chi connectivity index (χ1v) is 7.00. The first-order chi connectivity index (χ1) is 9.31. The number of hydrogen-bond acceptors (Lipinski definition) is 5. The molecule has 0 radical (unpaired) electrons. The van der Waals surface area contributed by atoms with Gasteiger partial charge in [-0.15, -0.1) is 11.3 Å². The van der Waals surface area contributed by atoms with Crippen LogP contribution >= 0.6 is 11.3 Å². The van der Waals surface area contributed by atoms with E-state index in [2.05, 4.69) is 10.1 Å². The summed E-state index contributed by atoms with van der Waals surface area (Å²) in [5.74, 6) is -0.346. The van der Waals surface area contributed by atoms with E-state index >= 15 is 0 Å². The van der Waals surface area contributed by atoms with E-state index in [1.54, 1.807) is 12.1 Å². The van der Waals surface area contributed by atoms with Crippen molar-refractivity contribution in [1.29, 1.82) is 0 Å². The number of amides is 1. The zero-order valence-electron chi connectivity index (χ0n) is 12.1. The van der Waals surface area contributed by atoms with Crippen LogP contribution in [0.5, 0.6) is 0 Å². The maximum atomic E-state index is 11.4. The third-order valence-electron chi connectivity index (χ3n) is 2.08. The predicted octanol–water partition coefficient (Wildman–Crippen LogP) is 3.07. The van der Waals surface area contributed by atoms with Crippen LogP contribution in [-0.4, -0.2) is 31.3 Å². The summed E-state index contributed by atoms with van der Waals surface area (Å²) in [7, 11) is 1.35. The average Bonchev–Trinajstić information content (AvgIpc) is 2.80. The Hall–Kier alpha value is -1.82. The number of ether oxygens (including phenoxy) is 2. The summed E-state index contributed by atoms with van der Waals surface area (Å²) in [4.78, 5) is 23.2. The molecule has 0 aliphatic heterocycles. The first kappa shape index (κ1) is 16.2. The van der Waals surface area contributed by atoms with Gasteiger partial charge in [-0.2, -0.15) is 0 Å². The molecule has 1 N–H and O–H groups in total. The Balaban J connectivity index is 2.40. The minimum atomic E-state index is -0.503. The van der Waals surface area contributed by atoms with Gasteiger partial charge in [-0.25, -0.2) is 9.59 Å². The Labute approximate surface area is 122 Å². The summed E-state index contributed by atoms with van der Waals surface area (Å²) in [6.45, 7) is 5.78. The Morgan fingerprint density at radius 3 is 2.70 bits per heavy atom. The van der Waals surface area contributed by atoms with E-state index < -0.39 is 11.7 Å². The molecule has 1 aromatic heterocycles. The molecule has 0 atom stereocenters. The van der Waals surface area contributed by atoms with Gasteiger partial charge >= 0.3 is 12.1 Å². The summed E-state index contributed by atoms with van der Waals surface area (Å²) in [5.41, 5.74) is 0.387. The summed E-state index contributed by atoms with van der Waals surface area (Å²) >= 11 is 1.32. The van der Waals surface area contributed by atoms with Crippen molar-refractivity contribution in [2.75, 3.05) is 13.7 Å². The van der Waals surface area contributed by atoms with Gasteiger partial charge in [0.15, 0.2) is 0 Å². The molecule has 1 heterocycles. The van der Waals surface area contributed by atoms with Gasteiger partial charge in [0.05, 0.1) is 7.11 Å². The van der Waals surface area contributed by atoms with Crippen LogP contribution in [0.2, 0.25) is 0 Å². The highest BCUT2D eigenvalue weighted by molar-refractivity contribution is 7.12.